The molecule has 2 N–H and O–H groups in total. The van der Waals surface area contributed by atoms with Crippen molar-refractivity contribution in [2.45, 2.75) is 52.7 Å². The second kappa shape index (κ2) is 7.27. The van der Waals surface area contributed by atoms with E-state index in [0.29, 0.717) is 0 Å². The van der Waals surface area contributed by atoms with E-state index >= 15 is 0 Å². The summed E-state index contributed by atoms with van der Waals surface area (Å²) in [5.74, 6) is 0. The maximum Gasteiger partial charge on any atom is 2.00 e. The first-order valence-corrected chi connectivity index (χ1v) is 7.70. The van der Waals surface area contributed by atoms with Crippen molar-refractivity contribution in [1.29, 1.82) is 0 Å². The van der Waals surface area contributed by atoms with E-state index in [0.717, 1.165) is 11.2 Å². The predicted octanol–water partition coefficient (Wildman–Crippen LogP) is 3.31. The molecule has 0 aromatic heterocycles. The quantitative estimate of drug-likeness (QED) is 0.631. The van der Waals surface area contributed by atoms with Crippen LogP contribution in [0.3, 0.4) is 0 Å². The zero-order valence-corrected chi connectivity index (χ0v) is 15.9. The Hall–Kier alpha value is -0.996. The number of anilines is 1. The first-order valence-electron chi connectivity index (χ1n) is 7.70. The fourth-order valence-electron chi connectivity index (χ4n) is 2.44. The number of hydrogen-bond acceptors (Lipinski definition) is 3. The van der Waals surface area contributed by atoms with Crippen LogP contribution in [0.2, 0.25) is 0 Å². The Labute approximate surface area is 150 Å². The summed E-state index contributed by atoms with van der Waals surface area (Å²) >= 11 is 0. The number of nitrogen functional groups attached to an aromatic ring is 1. The van der Waals surface area contributed by atoms with Crippen LogP contribution in [-0.4, -0.2) is 18.3 Å². The fraction of sp³-hybridized carbons (Fsp3) is 0.444. The van der Waals surface area contributed by atoms with Crippen molar-refractivity contribution in [2.75, 3.05) is 5.73 Å². The van der Waals surface area contributed by atoms with Crippen LogP contribution in [0.1, 0.15) is 38.8 Å². The maximum atomic E-state index is 6.04. The van der Waals surface area contributed by atoms with Gasteiger partial charge in [0, 0.05) is 0 Å². The number of nitrogens with two attached hydrogens (primary N) is 1. The van der Waals surface area contributed by atoms with E-state index in [1.807, 2.05) is 64.1 Å². The molecule has 0 bridgehead atoms. The molecule has 0 radical (unpaired) electrons. The smallest absolute Gasteiger partial charge is 0.459 e. The van der Waals surface area contributed by atoms with Crippen molar-refractivity contribution in [1.82, 2.24) is 0 Å². The van der Waals surface area contributed by atoms with Crippen LogP contribution in [0.5, 0.6) is 0 Å². The maximum absolute atomic E-state index is 6.04. The Morgan fingerprint density at radius 3 is 1.87 bits per heavy atom. The minimum Gasteiger partial charge on any atom is -0.459 e. The summed E-state index contributed by atoms with van der Waals surface area (Å²) in [6, 6.07) is 12.0. The van der Waals surface area contributed by atoms with E-state index in [2.05, 4.69) is 13.8 Å². The summed E-state index contributed by atoms with van der Waals surface area (Å²) in [6.07, 6.45) is 0. The Kier molecular flexibility index (Phi) is 6.34. The van der Waals surface area contributed by atoms with Crippen molar-refractivity contribution in [3.05, 3.63) is 47.5 Å². The molecule has 3 nitrogen and oxygen atoms in total. The first-order chi connectivity index (χ1) is 10.2. The average molecular weight is 355 g/mol. The van der Waals surface area contributed by atoms with Gasteiger partial charge in [-0.25, -0.2) is 12.1 Å². The van der Waals surface area contributed by atoms with E-state index in [1.54, 1.807) is 0 Å². The summed E-state index contributed by atoms with van der Waals surface area (Å²) in [5.41, 5.74) is 9.51. The van der Waals surface area contributed by atoms with Gasteiger partial charge in [0.05, 0.1) is 11.2 Å². The molecular weight excluding hydrogens is 329 g/mol. The molecule has 0 amide bonds. The number of aryl methyl sites for hydroxylation is 1. The van der Waals surface area contributed by atoms with Crippen molar-refractivity contribution < 1.29 is 26.4 Å². The normalized spacial score (nSPS) is 18.1. The van der Waals surface area contributed by atoms with Gasteiger partial charge in [-0.15, -0.1) is 11.2 Å². The molecule has 1 aliphatic rings. The third kappa shape index (κ3) is 4.10. The first kappa shape index (κ1) is 20.0. The van der Waals surface area contributed by atoms with Gasteiger partial charge in [-0.2, -0.15) is 35.4 Å². The van der Waals surface area contributed by atoms with E-state index in [9.17, 15) is 0 Å². The molecule has 0 aliphatic carbocycles. The van der Waals surface area contributed by atoms with Crippen LogP contribution in [0, 0.1) is 13.8 Å². The summed E-state index contributed by atoms with van der Waals surface area (Å²) in [4.78, 5) is 0. The van der Waals surface area contributed by atoms with Gasteiger partial charge >= 0.3 is 24.2 Å². The molecule has 1 fully saturated rings. The van der Waals surface area contributed by atoms with E-state index in [4.69, 9.17) is 15.0 Å². The van der Waals surface area contributed by atoms with Gasteiger partial charge in [0.1, 0.15) is 0 Å². The molecule has 2 aromatic carbocycles. The molecule has 23 heavy (non-hydrogen) atoms. The molecule has 126 valence electrons. The number of hydrogen-bond donors (Lipinski definition) is 1. The van der Waals surface area contributed by atoms with Crippen LogP contribution in [-0.2, 0) is 26.4 Å². The Balaban J connectivity index is 0.000000377. The van der Waals surface area contributed by atoms with Gasteiger partial charge in [-0.05, 0) is 27.7 Å². The molecule has 5 heteroatoms. The van der Waals surface area contributed by atoms with Crippen LogP contribution in [0.15, 0.2) is 36.4 Å². The average Bonchev–Trinajstić information content (AvgIpc) is 3.05. The van der Waals surface area contributed by atoms with Crippen molar-refractivity contribution in [2.24, 2.45) is 0 Å². The molecule has 1 heterocycles. The van der Waals surface area contributed by atoms with Crippen molar-refractivity contribution in [3.8, 4) is 0 Å². The van der Waals surface area contributed by atoms with Crippen LogP contribution in [0.25, 0.3) is 0 Å². The minimum absolute atomic E-state index is 0. The van der Waals surface area contributed by atoms with Crippen LogP contribution < -0.4 is 11.2 Å². The molecule has 0 spiro atoms. The van der Waals surface area contributed by atoms with Gasteiger partial charge in [-0.3, -0.25) is 0 Å². The van der Waals surface area contributed by atoms with Gasteiger partial charge in [0.15, 0.2) is 0 Å². The zero-order chi connectivity index (χ0) is 16.5. The Morgan fingerprint density at radius 2 is 1.57 bits per heavy atom. The van der Waals surface area contributed by atoms with E-state index in [1.165, 1.54) is 11.1 Å². The van der Waals surface area contributed by atoms with Gasteiger partial charge < -0.3 is 15.0 Å². The van der Waals surface area contributed by atoms with Crippen molar-refractivity contribution >= 4 is 18.3 Å². The van der Waals surface area contributed by atoms with Gasteiger partial charge in [-0.1, -0.05) is 13.8 Å². The van der Waals surface area contributed by atoms with Crippen molar-refractivity contribution in [3.63, 3.8) is 0 Å². The molecule has 0 unspecified atom stereocenters. The standard InChI is InChI=1S/C13H21BNO2.C5H5.Fe/c1-8-7-10(15)11(9(8)2)14-16-12(3,4)13(5,6)17-14;1-2-4-5-3-1;/h7H,15H2,1-6H3;1-5H;/q2*-1;+2. The summed E-state index contributed by atoms with van der Waals surface area (Å²) in [7, 11) is -0.353. The predicted molar refractivity (Wildman–Crippen MR) is 93.7 cm³/mol. The molecule has 3 rings (SSSR count). The third-order valence-corrected chi connectivity index (χ3v) is 4.72. The molecule has 0 atom stereocenters. The van der Waals surface area contributed by atoms with Gasteiger partial charge in [0.2, 0.25) is 0 Å². The van der Waals surface area contributed by atoms with E-state index in [-0.39, 0.29) is 35.4 Å². The number of rotatable bonds is 1. The monoisotopic (exact) mass is 355 g/mol. The second-order valence-corrected chi connectivity index (χ2v) is 6.87. The fourth-order valence-corrected chi connectivity index (χ4v) is 2.44. The Morgan fingerprint density at radius 1 is 1.09 bits per heavy atom. The topological polar surface area (TPSA) is 44.5 Å². The summed E-state index contributed by atoms with van der Waals surface area (Å²) < 4.78 is 12.0. The second-order valence-electron chi connectivity index (χ2n) is 6.87. The molecular formula is C18H26BFeNO2. The molecule has 1 saturated heterocycles. The summed E-state index contributed by atoms with van der Waals surface area (Å²) in [6.45, 7) is 12.3. The summed E-state index contributed by atoms with van der Waals surface area (Å²) in [5, 5.41) is 0. The van der Waals surface area contributed by atoms with E-state index < -0.39 is 0 Å². The largest absolute Gasteiger partial charge is 2.00 e. The molecule has 1 aliphatic heterocycles. The molecule has 0 saturated carbocycles. The van der Waals surface area contributed by atoms with Crippen LogP contribution in [0.4, 0.5) is 5.69 Å². The zero-order valence-electron chi connectivity index (χ0n) is 14.8. The minimum atomic E-state index is -0.353. The SMILES string of the molecule is Cc1c(B2OC(C)(C)C(C)(C)O2)c(N)c[c-]1C.[Fe+2].c1cc[cH-]c1. The van der Waals surface area contributed by atoms with Gasteiger partial charge in [0.25, 0.3) is 0 Å². The molecule has 2 aromatic rings. The third-order valence-electron chi connectivity index (χ3n) is 4.72. The van der Waals surface area contributed by atoms with Crippen LogP contribution >= 0.6 is 0 Å². The Bertz CT molecular complexity index is 584.